The molecular formula is C16H11ClN2O3S. The molecular weight excluding hydrogens is 336 g/mol. The van der Waals surface area contributed by atoms with E-state index in [9.17, 15) is 9.59 Å². The molecule has 2 heterocycles. The van der Waals surface area contributed by atoms with Crippen LogP contribution in [0, 0.1) is 6.92 Å². The normalized spacial score (nSPS) is 11.4. The lowest BCUT2D eigenvalue weighted by atomic mass is 10.1. The smallest absolute Gasteiger partial charge is 0.347 e. The lowest BCUT2D eigenvalue weighted by Crippen LogP contribution is -2.17. The van der Waals surface area contributed by atoms with Crippen molar-refractivity contribution in [3.05, 3.63) is 67.5 Å². The summed E-state index contributed by atoms with van der Waals surface area (Å²) in [6, 6.07) is 7.29. The number of nitrogens with zero attached hydrogens (tertiary/aromatic N) is 2. The molecule has 0 radical (unpaired) electrons. The molecule has 0 bridgehead atoms. The van der Waals surface area contributed by atoms with Gasteiger partial charge < -0.3 is 5.11 Å². The number of fused-ring (bicyclic) bond motifs is 1. The molecule has 1 aromatic carbocycles. The third kappa shape index (κ3) is 3.04. The molecule has 0 spiro atoms. The van der Waals surface area contributed by atoms with Crippen LogP contribution >= 0.6 is 22.9 Å². The van der Waals surface area contributed by atoms with E-state index in [1.165, 1.54) is 10.6 Å². The summed E-state index contributed by atoms with van der Waals surface area (Å²) in [6.07, 6.45) is 4.83. The number of carbonyl (C=O) groups is 1. The average Bonchev–Trinajstić information content (AvgIpc) is 2.94. The molecule has 0 unspecified atom stereocenters. The van der Waals surface area contributed by atoms with Crippen LogP contribution in [0.3, 0.4) is 0 Å². The molecule has 0 saturated heterocycles. The van der Waals surface area contributed by atoms with Crippen LogP contribution in [0.25, 0.3) is 17.1 Å². The van der Waals surface area contributed by atoms with Gasteiger partial charge >= 0.3 is 5.97 Å². The van der Waals surface area contributed by atoms with E-state index in [0.29, 0.717) is 21.2 Å². The monoisotopic (exact) mass is 346 g/mol. The predicted octanol–water partition coefficient (Wildman–Crippen LogP) is 3.59. The highest BCUT2D eigenvalue weighted by atomic mass is 35.5. The summed E-state index contributed by atoms with van der Waals surface area (Å²) in [6.45, 7) is 1.66. The molecule has 0 aliphatic carbocycles. The molecule has 2 aromatic heterocycles. The Kier molecular flexibility index (Phi) is 4.02. The minimum atomic E-state index is -1.08. The maximum absolute atomic E-state index is 12.3. The Labute approximate surface area is 140 Å². The molecule has 0 amide bonds. The van der Waals surface area contributed by atoms with Crippen LogP contribution < -0.4 is 5.56 Å². The van der Waals surface area contributed by atoms with E-state index in [-0.39, 0.29) is 10.4 Å². The second-order valence-electron chi connectivity index (χ2n) is 4.87. The molecule has 0 aliphatic rings. The Hall–Kier alpha value is -2.44. The van der Waals surface area contributed by atoms with Gasteiger partial charge in [0.25, 0.3) is 5.56 Å². The minimum absolute atomic E-state index is 0.0740. The molecule has 0 aliphatic heterocycles. The van der Waals surface area contributed by atoms with Gasteiger partial charge in [-0.3, -0.25) is 9.20 Å². The van der Waals surface area contributed by atoms with Crippen molar-refractivity contribution in [1.82, 2.24) is 9.38 Å². The van der Waals surface area contributed by atoms with Crippen LogP contribution in [0.4, 0.5) is 0 Å². The Bertz CT molecular complexity index is 1000. The van der Waals surface area contributed by atoms with E-state index < -0.39 is 5.97 Å². The number of hydrogen-bond donors (Lipinski definition) is 1. The first-order valence-corrected chi connectivity index (χ1v) is 7.85. The summed E-state index contributed by atoms with van der Waals surface area (Å²) in [5.41, 5.74) is 1.57. The molecule has 3 aromatic rings. The van der Waals surface area contributed by atoms with Crippen molar-refractivity contribution < 1.29 is 9.90 Å². The second-order valence-corrected chi connectivity index (χ2v) is 6.31. The Morgan fingerprint density at radius 2 is 2.17 bits per heavy atom. The maximum Gasteiger partial charge on any atom is 0.347 e. The third-order valence-electron chi connectivity index (χ3n) is 3.29. The van der Waals surface area contributed by atoms with Crippen LogP contribution in [0.15, 0.2) is 35.3 Å². The first-order chi connectivity index (χ1) is 11.0. The SMILES string of the molecule is Cc1c(/C=C/c2cccc(Cl)c2)nc2sc(C(=O)O)cn2c1=O. The lowest BCUT2D eigenvalue weighted by Gasteiger charge is -2.00. The van der Waals surface area contributed by atoms with Crippen LogP contribution in [0.2, 0.25) is 5.02 Å². The van der Waals surface area contributed by atoms with E-state index in [1.54, 1.807) is 25.1 Å². The van der Waals surface area contributed by atoms with Gasteiger partial charge in [-0.25, -0.2) is 9.78 Å². The number of aromatic nitrogens is 2. The number of carboxylic acids is 1. The van der Waals surface area contributed by atoms with Gasteiger partial charge in [0, 0.05) is 16.8 Å². The van der Waals surface area contributed by atoms with Crippen molar-refractivity contribution >= 4 is 46.0 Å². The summed E-state index contributed by atoms with van der Waals surface area (Å²) in [7, 11) is 0. The summed E-state index contributed by atoms with van der Waals surface area (Å²) >= 11 is 6.90. The quantitative estimate of drug-likeness (QED) is 0.786. The zero-order valence-electron chi connectivity index (χ0n) is 12.0. The number of hydrogen-bond acceptors (Lipinski definition) is 4. The summed E-state index contributed by atoms with van der Waals surface area (Å²) < 4.78 is 1.26. The molecule has 5 nitrogen and oxygen atoms in total. The number of thiazole rings is 1. The van der Waals surface area contributed by atoms with Crippen molar-refractivity contribution in [2.75, 3.05) is 0 Å². The van der Waals surface area contributed by atoms with Gasteiger partial charge in [0.05, 0.1) is 5.69 Å². The van der Waals surface area contributed by atoms with E-state index in [0.717, 1.165) is 16.9 Å². The molecule has 1 N–H and O–H groups in total. The van der Waals surface area contributed by atoms with Gasteiger partial charge in [-0.15, -0.1) is 0 Å². The van der Waals surface area contributed by atoms with Crippen LogP contribution in [0.5, 0.6) is 0 Å². The average molecular weight is 347 g/mol. The molecule has 0 atom stereocenters. The number of aromatic carboxylic acids is 1. The molecule has 0 saturated carbocycles. The van der Waals surface area contributed by atoms with Gasteiger partial charge in [0.2, 0.25) is 0 Å². The van der Waals surface area contributed by atoms with Crippen molar-refractivity contribution in [1.29, 1.82) is 0 Å². The standard InChI is InChI=1S/C16H11ClN2O3S/c1-9-12(6-5-10-3-2-4-11(17)7-10)18-16-19(14(9)20)8-13(23-16)15(21)22/h2-8H,1H3,(H,21,22)/b6-5+. The molecule has 23 heavy (non-hydrogen) atoms. The molecule has 0 fully saturated rings. The molecule has 116 valence electrons. The zero-order valence-corrected chi connectivity index (χ0v) is 13.6. The van der Waals surface area contributed by atoms with E-state index in [2.05, 4.69) is 4.98 Å². The van der Waals surface area contributed by atoms with Gasteiger partial charge in [-0.05, 0) is 30.7 Å². The fourth-order valence-electron chi connectivity index (χ4n) is 2.09. The fraction of sp³-hybridized carbons (Fsp3) is 0.0625. The van der Waals surface area contributed by atoms with E-state index in [4.69, 9.17) is 16.7 Å². The Morgan fingerprint density at radius 1 is 1.39 bits per heavy atom. The van der Waals surface area contributed by atoms with Gasteiger partial charge in [0.1, 0.15) is 4.88 Å². The number of rotatable bonds is 3. The van der Waals surface area contributed by atoms with Gasteiger partial charge in [-0.2, -0.15) is 0 Å². The van der Waals surface area contributed by atoms with Crippen molar-refractivity contribution in [2.45, 2.75) is 6.92 Å². The number of benzene rings is 1. The zero-order chi connectivity index (χ0) is 16.6. The highest BCUT2D eigenvalue weighted by Crippen LogP contribution is 2.18. The maximum atomic E-state index is 12.3. The van der Waals surface area contributed by atoms with Gasteiger partial charge in [-0.1, -0.05) is 41.1 Å². The Morgan fingerprint density at radius 3 is 2.87 bits per heavy atom. The molecule has 7 heteroatoms. The summed E-state index contributed by atoms with van der Waals surface area (Å²) in [5.74, 6) is -1.08. The minimum Gasteiger partial charge on any atom is -0.477 e. The van der Waals surface area contributed by atoms with Crippen LogP contribution in [0.1, 0.15) is 26.5 Å². The van der Waals surface area contributed by atoms with Crippen molar-refractivity contribution in [3.63, 3.8) is 0 Å². The Balaban J connectivity index is 2.09. The highest BCUT2D eigenvalue weighted by molar-refractivity contribution is 7.18. The first-order valence-electron chi connectivity index (χ1n) is 6.65. The van der Waals surface area contributed by atoms with Gasteiger partial charge in [0.15, 0.2) is 4.96 Å². The van der Waals surface area contributed by atoms with Crippen LogP contribution in [-0.2, 0) is 0 Å². The predicted molar refractivity (Wildman–Crippen MR) is 91.4 cm³/mol. The van der Waals surface area contributed by atoms with Crippen molar-refractivity contribution in [3.8, 4) is 0 Å². The lowest BCUT2D eigenvalue weighted by molar-refractivity contribution is 0.0702. The highest BCUT2D eigenvalue weighted by Gasteiger charge is 2.13. The third-order valence-corrected chi connectivity index (χ3v) is 4.49. The number of carboxylic acid groups (broad SMARTS) is 1. The van der Waals surface area contributed by atoms with Crippen LogP contribution in [-0.4, -0.2) is 20.5 Å². The molecule has 3 rings (SSSR count). The van der Waals surface area contributed by atoms with E-state index in [1.807, 2.05) is 18.2 Å². The summed E-state index contributed by atoms with van der Waals surface area (Å²) in [5, 5.41) is 9.66. The second kappa shape index (κ2) is 5.98. The summed E-state index contributed by atoms with van der Waals surface area (Å²) in [4.78, 5) is 28.2. The van der Waals surface area contributed by atoms with Crippen molar-refractivity contribution in [2.24, 2.45) is 0 Å². The first kappa shape index (κ1) is 15.5. The topological polar surface area (TPSA) is 71.7 Å². The number of halogens is 1. The largest absolute Gasteiger partial charge is 0.477 e. The fourth-order valence-corrected chi connectivity index (χ4v) is 3.11. The van der Waals surface area contributed by atoms with E-state index >= 15 is 0 Å².